The molecule has 1 fully saturated rings. The lowest BCUT2D eigenvalue weighted by atomic mass is 9.97. The Kier molecular flexibility index (Phi) is 5.94. The van der Waals surface area contributed by atoms with E-state index in [1.807, 2.05) is 29.6 Å². The van der Waals surface area contributed by atoms with Crippen molar-refractivity contribution in [2.24, 2.45) is 0 Å². The number of methoxy groups -OCH3 is 2. The Balaban J connectivity index is 1.56. The average Bonchev–Trinajstić information content (AvgIpc) is 3.31. The van der Waals surface area contributed by atoms with Gasteiger partial charge in [-0.25, -0.2) is 0 Å². The number of carbonyl (C=O) groups is 1. The van der Waals surface area contributed by atoms with E-state index in [4.69, 9.17) is 9.47 Å². The van der Waals surface area contributed by atoms with Gasteiger partial charge in [0.25, 0.3) is 0 Å². The third kappa shape index (κ3) is 4.32. The molecule has 1 unspecified atom stereocenters. The molecule has 1 aliphatic heterocycles. The van der Waals surface area contributed by atoms with Crippen molar-refractivity contribution in [1.82, 2.24) is 10.2 Å². The summed E-state index contributed by atoms with van der Waals surface area (Å²) >= 11 is 1.66. The molecular formula is C19H24N2O3S. The standard InChI is InChI=1S/C19H24N2O3S/c1-23-17-7-3-6-16(19(17)24-2)14-8-9-21(12-14)13-18(22)20-11-15-5-4-10-25-15/h3-7,10,14H,8-9,11-13H2,1-2H3,(H,20,22). The number of nitrogens with one attached hydrogen (secondary N) is 1. The van der Waals surface area contributed by atoms with Gasteiger partial charge >= 0.3 is 0 Å². The van der Waals surface area contributed by atoms with Crippen molar-refractivity contribution in [2.75, 3.05) is 33.9 Å². The Morgan fingerprint density at radius 2 is 2.16 bits per heavy atom. The first-order valence-electron chi connectivity index (χ1n) is 8.43. The highest BCUT2D eigenvalue weighted by Gasteiger charge is 2.28. The van der Waals surface area contributed by atoms with Gasteiger partial charge < -0.3 is 14.8 Å². The van der Waals surface area contributed by atoms with Gasteiger partial charge in [-0.3, -0.25) is 9.69 Å². The van der Waals surface area contributed by atoms with Crippen molar-refractivity contribution in [1.29, 1.82) is 0 Å². The topological polar surface area (TPSA) is 50.8 Å². The monoisotopic (exact) mass is 360 g/mol. The van der Waals surface area contributed by atoms with Crippen LogP contribution in [0.25, 0.3) is 0 Å². The molecule has 0 radical (unpaired) electrons. The normalized spacial score (nSPS) is 17.4. The Morgan fingerprint density at radius 3 is 2.88 bits per heavy atom. The Bertz CT molecular complexity index is 703. The van der Waals surface area contributed by atoms with Crippen molar-refractivity contribution in [2.45, 2.75) is 18.9 Å². The predicted molar refractivity (Wildman–Crippen MR) is 99.5 cm³/mol. The number of carbonyl (C=O) groups excluding carboxylic acids is 1. The molecule has 2 heterocycles. The first-order valence-corrected chi connectivity index (χ1v) is 9.31. The van der Waals surface area contributed by atoms with Gasteiger partial charge in [0.15, 0.2) is 11.5 Å². The highest BCUT2D eigenvalue weighted by molar-refractivity contribution is 7.09. The number of hydrogen-bond donors (Lipinski definition) is 1. The van der Waals surface area contributed by atoms with Gasteiger partial charge in [0.1, 0.15) is 0 Å². The van der Waals surface area contributed by atoms with Crippen LogP contribution >= 0.6 is 11.3 Å². The largest absolute Gasteiger partial charge is 0.493 e. The average molecular weight is 360 g/mol. The minimum atomic E-state index is 0.0756. The Labute approximate surface area is 152 Å². The summed E-state index contributed by atoms with van der Waals surface area (Å²) in [4.78, 5) is 15.5. The molecule has 1 aromatic carbocycles. The summed E-state index contributed by atoms with van der Waals surface area (Å²) in [5.41, 5.74) is 1.16. The van der Waals surface area contributed by atoms with Crippen molar-refractivity contribution in [3.63, 3.8) is 0 Å². The summed E-state index contributed by atoms with van der Waals surface area (Å²) in [6, 6.07) is 10.0. The van der Waals surface area contributed by atoms with Crippen molar-refractivity contribution < 1.29 is 14.3 Å². The maximum Gasteiger partial charge on any atom is 0.234 e. The summed E-state index contributed by atoms with van der Waals surface area (Å²) in [5, 5.41) is 5.01. The van der Waals surface area contributed by atoms with Crippen LogP contribution in [-0.4, -0.2) is 44.7 Å². The van der Waals surface area contributed by atoms with E-state index in [1.54, 1.807) is 25.6 Å². The maximum absolute atomic E-state index is 12.2. The van der Waals surface area contributed by atoms with Crippen LogP contribution in [0.5, 0.6) is 11.5 Å². The van der Waals surface area contributed by atoms with E-state index < -0.39 is 0 Å². The zero-order valence-electron chi connectivity index (χ0n) is 14.7. The second-order valence-corrected chi connectivity index (χ2v) is 7.19. The van der Waals surface area contributed by atoms with Crippen LogP contribution < -0.4 is 14.8 Å². The number of para-hydroxylation sites is 1. The number of rotatable bonds is 7. The second kappa shape index (κ2) is 8.36. The molecule has 25 heavy (non-hydrogen) atoms. The molecule has 0 bridgehead atoms. The number of benzene rings is 1. The van der Waals surface area contributed by atoms with Gasteiger partial charge in [0, 0.05) is 22.9 Å². The zero-order chi connectivity index (χ0) is 17.6. The van der Waals surface area contributed by atoms with E-state index in [1.165, 1.54) is 4.88 Å². The second-order valence-electron chi connectivity index (χ2n) is 6.16. The van der Waals surface area contributed by atoms with Crippen LogP contribution in [0.2, 0.25) is 0 Å². The Hall–Kier alpha value is -2.05. The summed E-state index contributed by atoms with van der Waals surface area (Å²) in [5.74, 6) is 1.99. The molecule has 134 valence electrons. The molecule has 1 N–H and O–H groups in total. The van der Waals surface area contributed by atoms with E-state index in [9.17, 15) is 4.79 Å². The van der Waals surface area contributed by atoms with Crippen LogP contribution in [0.1, 0.15) is 22.8 Å². The van der Waals surface area contributed by atoms with Gasteiger partial charge in [-0.2, -0.15) is 0 Å². The molecular weight excluding hydrogens is 336 g/mol. The van der Waals surface area contributed by atoms with Gasteiger partial charge in [-0.05, 0) is 30.5 Å². The number of likely N-dealkylation sites (tertiary alicyclic amines) is 1. The lowest BCUT2D eigenvalue weighted by Gasteiger charge is -2.18. The third-order valence-corrected chi connectivity index (χ3v) is 5.43. The minimum absolute atomic E-state index is 0.0756. The Morgan fingerprint density at radius 1 is 1.28 bits per heavy atom. The summed E-state index contributed by atoms with van der Waals surface area (Å²) in [6.45, 7) is 2.82. The molecule has 1 atom stereocenters. The fourth-order valence-electron chi connectivity index (χ4n) is 3.32. The van der Waals surface area contributed by atoms with Crippen LogP contribution in [0.3, 0.4) is 0 Å². The zero-order valence-corrected chi connectivity index (χ0v) is 15.5. The number of nitrogens with zero attached hydrogens (tertiary/aromatic N) is 1. The molecule has 1 saturated heterocycles. The fraction of sp³-hybridized carbons (Fsp3) is 0.421. The molecule has 0 spiro atoms. The van der Waals surface area contributed by atoms with E-state index in [0.717, 1.165) is 36.6 Å². The number of ether oxygens (including phenoxy) is 2. The van der Waals surface area contributed by atoms with E-state index in [0.29, 0.717) is 19.0 Å². The third-order valence-electron chi connectivity index (χ3n) is 4.55. The molecule has 2 aromatic rings. The smallest absolute Gasteiger partial charge is 0.234 e. The van der Waals surface area contributed by atoms with E-state index >= 15 is 0 Å². The molecule has 0 saturated carbocycles. The molecule has 3 rings (SSSR count). The SMILES string of the molecule is COc1cccc(C2CCN(CC(=O)NCc3cccs3)C2)c1OC. The van der Waals surface area contributed by atoms with Crippen LogP contribution in [0, 0.1) is 0 Å². The molecule has 1 aromatic heterocycles. The molecule has 1 aliphatic rings. The lowest BCUT2D eigenvalue weighted by Crippen LogP contribution is -2.35. The van der Waals surface area contributed by atoms with Crippen LogP contribution in [-0.2, 0) is 11.3 Å². The minimum Gasteiger partial charge on any atom is -0.493 e. The summed E-state index contributed by atoms with van der Waals surface area (Å²) in [6.07, 6.45) is 1.02. The fourth-order valence-corrected chi connectivity index (χ4v) is 3.97. The number of amides is 1. The van der Waals surface area contributed by atoms with Gasteiger partial charge in [-0.1, -0.05) is 18.2 Å². The van der Waals surface area contributed by atoms with Gasteiger partial charge in [0.05, 0.1) is 27.3 Å². The van der Waals surface area contributed by atoms with Crippen LogP contribution in [0.15, 0.2) is 35.7 Å². The van der Waals surface area contributed by atoms with E-state index in [2.05, 4.69) is 16.3 Å². The molecule has 6 heteroatoms. The maximum atomic E-state index is 12.2. The lowest BCUT2D eigenvalue weighted by molar-refractivity contribution is -0.122. The quantitative estimate of drug-likeness (QED) is 0.825. The number of hydrogen-bond acceptors (Lipinski definition) is 5. The number of thiophene rings is 1. The van der Waals surface area contributed by atoms with Gasteiger partial charge in [0.2, 0.25) is 5.91 Å². The van der Waals surface area contributed by atoms with Crippen molar-refractivity contribution >= 4 is 17.2 Å². The molecule has 0 aliphatic carbocycles. The molecule has 1 amide bonds. The van der Waals surface area contributed by atoms with Crippen molar-refractivity contribution in [3.05, 3.63) is 46.2 Å². The van der Waals surface area contributed by atoms with Gasteiger partial charge in [-0.15, -0.1) is 11.3 Å². The summed E-state index contributed by atoms with van der Waals surface area (Å²) in [7, 11) is 3.33. The summed E-state index contributed by atoms with van der Waals surface area (Å²) < 4.78 is 10.9. The first-order chi connectivity index (χ1) is 12.2. The van der Waals surface area contributed by atoms with Crippen molar-refractivity contribution in [3.8, 4) is 11.5 Å². The van der Waals surface area contributed by atoms with Crippen LogP contribution in [0.4, 0.5) is 0 Å². The first kappa shape index (κ1) is 17.8. The van der Waals surface area contributed by atoms with E-state index in [-0.39, 0.29) is 5.91 Å². The predicted octanol–water partition coefficient (Wildman–Crippen LogP) is 2.87. The highest BCUT2D eigenvalue weighted by atomic mass is 32.1. The highest BCUT2D eigenvalue weighted by Crippen LogP contribution is 2.39. The molecule has 5 nitrogen and oxygen atoms in total.